The highest BCUT2D eigenvalue weighted by atomic mass is 32.2. The maximum Gasteiger partial charge on any atom is 0.0390 e. The molecule has 1 unspecified atom stereocenters. The van der Waals surface area contributed by atoms with Crippen LogP contribution < -0.4 is 0 Å². The van der Waals surface area contributed by atoms with Gasteiger partial charge in [0.25, 0.3) is 0 Å². The molecule has 0 spiro atoms. The summed E-state index contributed by atoms with van der Waals surface area (Å²) in [6.45, 7) is 6.27. The molecule has 0 bridgehead atoms. The predicted molar refractivity (Wildman–Crippen MR) is 59.1 cm³/mol. The average molecular weight is 182 g/mol. The van der Waals surface area contributed by atoms with Gasteiger partial charge in [0.2, 0.25) is 0 Å². The summed E-state index contributed by atoms with van der Waals surface area (Å²) in [6.07, 6.45) is 6.66. The molecule has 1 heteroatoms. The zero-order valence-corrected chi connectivity index (χ0v) is 9.29. The van der Waals surface area contributed by atoms with Crippen molar-refractivity contribution in [3.8, 4) is 11.8 Å². The fourth-order valence-corrected chi connectivity index (χ4v) is 1.59. The van der Waals surface area contributed by atoms with Crippen molar-refractivity contribution >= 4 is 11.8 Å². The molecule has 0 aliphatic heterocycles. The molecule has 0 nitrogen and oxygen atoms in total. The lowest BCUT2D eigenvalue weighted by atomic mass is 10.1. The Hall–Kier alpha value is -0.350. The van der Waals surface area contributed by atoms with E-state index in [1.54, 1.807) is 0 Å². The van der Waals surface area contributed by atoms with Gasteiger partial charge in [-0.25, -0.2) is 0 Å². The number of hydrogen-bond donors (Lipinski definition) is 0. The molecule has 0 N–H and O–H groups in total. The van der Waals surface area contributed by atoms with Gasteiger partial charge in [-0.2, -0.15) is 0 Å². The second-order valence-electron chi connectivity index (χ2n) is 2.60. The third-order valence-corrected chi connectivity index (χ3v) is 2.72. The fraction of sp³-hybridized carbons (Fsp3) is 0.636. The molecule has 0 aromatic rings. The average Bonchev–Trinajstić information content (AvgIpc) is 2.12. The maximum absolute atomic E-state index is 3.19. The standard InChI is InChI=1S/C11H18S/c1-5-8-10(6-2)9-11(7-3)12-4/h9-10H,6-7H2,1-4H3/b11-9-. The van der Waals surface area contributed by atoms with E-state index in [9.17, 15) is 0 Å². The molecule has 0 amide bonds. The van der Waals surface area contributed by atoms with Crippen LogP contribution in [0.2, 0.25) is 0 Å². The Morgan fingerprint density at radius 3 is 2.50 bits per heavy atom. The van der Waals surface area contributed by atoms with Crippen LogP contribution in [0.25, 0.3) is 0 Å². The van der Waals surface area contributed by atoms with Crippen LogP contribution in [0, 0.1) is 17.8 Å². The van der Waals surface area contributed by atoms with Gasteiger partial charge in [-0.1, -0.05) is 25.8 Å². The van der Waals surface area contributed by atoms with E-state index in [-0.39, 0.29) is 0 Å². The Bertz CT molecular complexity index is 187. The van der Waals surface area contributed by atoms with Gasteiger partial charge in [-0.05, 0) is 30.9 Å². The molecule has 0 heterocycles. The largest absolute Gasteiger partial charge is 0.134 e. The first-order chi connectivity index (χ1) is 5.78. The lowest BCUT2D eigenvalue weighted by Crippen LogP contribution is -1.90. The Balaban J connectivity index is 4.28. The summed E-state index contributed by atoms with van der Waals surface area (Å²) in [5.41, 5.74) is 0. The quantitative estimate of drug-likeness (QED) is 0.597. The molecule has 0 saturated heterocycles. The summed E-state index contributed by atoms with van der Waals surface area (Å²) in [5.74, 6) is 6.62. The van der Waals surface area contributed by atoms with E-state index in [1.807, 2.05) is 18.7 Å². The van der Waals surface area contributed by atoms with Crippen LogP contribution in [0.3, 0.4) is 0 Å². The van der Waals surface area contributed by atoms with Crippen LogP contribution in [0.4, 0.5) is 0 Å². The molecule has 0 fully saturated rings. The Morgan fingerprint density at radius 2 is 2.17 bits per heavy atom. The first-order valence-corrected chi connectivity index (χ1v) is 5.67. The smallest absolute Gasteiger partial charge is 0.0390 e. The van der Waals surface area contributed by atoms with Crippen molar-refractivity contribution in [2.75, 3.05) is 6.26 Å². The van der Waals surface area contributed by atoms with Crippen molar-refractivity contribution in [2.45, 2.75) is 33.6 Å². The third kappa shape index (κ3) is 4.51. The summed E-state index contributed by atoms with van der Waals surface area (Å²) in [6, 6.07) is 0. The molecule has 12 heavy (non-hydrogen) atoms. The minimum Gasteiger partial charge on any atom is -0.134 e. The summed E-state index contributed by atoms with van der Waals surface area (Å²) in [7, 11) is 0. The van der Waals surface area contributed by atoms with E-state index >= 15 is 0 Å². The van der Waals surface area contributed by atoms with Gasteiger partial charge in [0.05, 0.1) is 0 Å². The maximum atomic E-state index is 3.19. The minimum absolute atomic E-state index is 0.456. The van der Waals surface area contributed by atoms with Crippen molar-refractivity contribution in [1.82, 2.24) is 0 Å². The van der Waals surface area contributed by atoms with E-state index < -0.39 is 0 Å². The van der Waals surface area contributed by atoms with Crippen LogP contribution in [0.5, 0.6) is 0 Å². The van der Waals surface area contributed by atoms with E-state index in [0.29, 0.717) is 5.92 Å². The van der Waals surface area contributed by atoms with Gasteiger partial charge in [-0.15, -0.1) is 17.7 Å². The van der Waals surface area contributed by atoms with Gasteiger partial charge < -0.3 is 0 Å². The van der Waals surface area contributed by atoms with Gasteiger partial charge >= 0.3 is 0 Å². The molecule has 0 aromatic heterocycles. The molecule has 0 rings (SSSR count). The Labute approximate surface area is 80.8 Å². The lowest BCUT2D eigenvalue weighted by molar-refractivity contribution is 0.794. The summed E-state index contributed by atoms with van der Waals surface area (Å²) in [5, 5.41) is 0. The molecule has 68 valence electrons. The van der Waals surface area contributed by atoms with Crippen LogP contribution in [0.15, 0.2) is 11.0 Å². The fourth-order valence-electron chi connectivity index (χ4n) is 1.00. The van der Waals surface area contributed by atoms with Crippen molar-refractivity contribution in [2.24, 2.45) is 5.92 Å². The molecule has 0 saturated carbocycles. The Morgan fingerprint density at radius 1 is 1.50 bits per heavy atom. The Kier molecular flexibility index (Phi) is 7.09. The van der Waals surface area contributed by atoms with Crippen LogP contribution >= 0.6 is 11.8 Å². The number of allylic oxidation sites excluding steroid dienone is 2. The molecule has 0 radical (unpaired) electrons. The van der Waals surface area contributed by atoms with Crippen molar-refractivity contribution in [3.63, 3.8) is 0 Å². The van der Waals surface area contributed by atoms with E-state index in [4.69, 9.17) is 0 Å². The molecular weight excluding hydrogens is 164 g/mol. The first-order valence-electron chi connectivity index (χ1n) is 4.45. The minimum atomic E-state index is 0.456. The zero-order chi connectivity index (χ0) is 9.40. The van der Waals surface area contributed by atoms with Crippen LogP contribution in [0.1, 0.15) is 33.6 Å². The monoisotopic (exact) mass is 182 g/mol. The van der Waals surface area contributed by atoms with Gasteiger partial charge in [0, 0.05) is 5.92 Å². The molecule has 0 aromatic carbocycles. The van der Waals surface area contributed by atoms with Gasteiger partial charge in [-0.3, -0.25) is 0 Å². The number of thioether (sulfide) groups is 1. The van der Waals surface area contributed by atoms with Crippen molar-refractivity contribution in [3.05, 3.63) is 11.0 Å². The van der Waals surface area contributed by atoms with Gasteiger partial charge in [0.15, 0.2) is 0 Å². The zero-order valence-electron chi connectivity index (χ0n) is 8.48. The highest BCUT2D eigenvalue weighted by Gasteiger charge is 1.98. The summed E-state index contributed by atoms with van der Waals surface area (Å²) < 4.78 is 0. The molecule has 1 atom stereocenters. The van der Waals surface area contributed by atoms with Gasteiger partial charge in [0.1, 0.15) is 0 Å². The first kappa shape index (κ1) is 11.6. The SMILES string of the molecule is CC#CC(/C=C(/CC)SC)CC. The highest BCUT2D eigenvalue weighted by molar-refractivity contribution is 8.02. The van der Waals surface area contributed by atoms with E-state index in [0.717, 1.165) is 12.8 Å². The molecule has 0 aliphatic rings. The number of hydrogen-bond acceptors (Lipinski definition) is 1. The molecular formula is C11H18S. The highest BCUT2D eigenvalue weighted by Crippen LogP contribution is 2.18. The van der Waals surface area contributed by atoms with Crippen molar-refractivity contribution in [1.29, 1.82) is 0 Å². The van der Waals surface area contributed by atoms with Crippen molar-refractivity contribution < 1.29 is 0 Å². The van der Waals surface area contributed by atoms with E-state index in [1.165, 1.54) is 4.91 Å². The van der Waals surface area contributed by atoms with Crippen LogP contribution in [-0.4, -0.2) is 6.26 Å². The number of rotatable bonds is 4. The summed E-state index contributed by atoms with van der Waals surface area (Å²) >= 11 is 1.83. The summed E-state index contributed by atoms with van der Waals surface area (Å²) in [4.78, 5) is 1.45. The molecule has 0 aliphatic carbocycles. The normalized spacial score (nSPS) is 13.5. The van der Waals surface area contributed by atoms with Crippen LogP contribution in [-0.2, 0) is 0 Å². The second-order valence-corrected chi connectivity index (χ2v) is 3.53. The second kappa shape index (κ2) is 7.31. The topological polar surface area (TPSA) is 0 Å². The lowest BCUT2D eigenvalue weighted by Gasteiger charge is -2.04. The predicted octanol–water partition coefficient (Wildman–Crippen LogP) is 3.69. The third-order valence-electron chi connectivity index (χ3n) is 1.77. The van der Waals surface area contributed by atoms with E-state index in [2.05, 4.69) is 38.0 Å².